The lowest BCUT2D eigenvalue weighted by Gasteiger charge is -2.06. The first kappa shape index (κ1) is 10.7. The van der Waals surface area contributed by atoms with Gasteiger partial charge in [-0.15, -0.1) is 0 Å². The van der Waals surface area contributed by atoms with Gasteiger partial charge in [-0.05, 0) is 29.6 Å². The van der Waals surface area contributed by atoms with E-state index in [1.165, 1.54) is 0 Å². The van der Waals surface area contributed by atoms with Crippen LogP contribution in [0.4, 0.5) is 0 Å². The van der Waals surface area contributed by atoms with Crippen molar-refractivity contribution in [2.24, 2.45) is 5.11 Å². The van der Waals surface area contributed by atoms with Gasteiger partial charge in [0.05, 0.1) is 5.52 Å². The van der Waals surface area contributed by atoms with E-state index < -0.39 is 0 Å². The molecule has 2 aromatic rings. The Hall–Kier alpha value is -1.77. The van der Waals surface area contributed by atoms with Crippen molar-refractivity contribution in [1.82, 2.24) is 4.98 Å². The van der Waals surface area contributed by atoms with Crippen molar-refractivity contribution in [2.45, 2.75) is 6.42 Å². The molecule has 0 aliphatic carbocycles. The molecule has 1 heterocycles. The molecule has 0 atom stereocenters. The van der Waals surface area contributed by atoms with E-state index in [0.29, 0.717) is 18.0 Å². The Morgan fingerprint density at radius 3 is 3.06 bits per heavy atom. The highest BCUT2D eigenvalue weighted by Gasteiger charge is 2.06. The smallest absolute Gasteiger partial charge is 0.0748 e. The third kappa shape index (κ3) is 2.08. The third-order valence-electron chi connectivity index (χ3n) is 2.35. The molecule has 0 fully saturated rings. The van der Waals surface area contributed by atoms with Gasteiger partial charge in [-0.3, -0.25) is 4.98 Å². The summed E-state index contributed by atoms with van der Waals surface area (Å²) in [6.45, 7) is 0.395. The Bertz CT molecular complexity index is 561. The van der Waals surface area contributed by atoms with Gasteiger partial charge in [0.15, 0.2) is 0 Å². The lowest BCUT2D eigenvalue weighted by Crippen LogP contribution is -1.93. The molecule has 4 nitrogen and oxygen atoms in total. The van der Waals surface area contributed by atoms with E-state index in [4.69, 9.17) is 17.1 Å². The fraction of sp³-hybridized carbons (Fsp3) is 0.182. The van der Waals surface area contributed by atoms with Crippen molar-refractivity contribution in [3.63, 3.8) is 0 Å². The van der Waals surface area contributed by atoms with Crippen LogP contribution in [-0.2, 0) is 6.42 Å². The van der Waals surface area contributed by atoms with E-state index in [2.05, 4.69) is 15.0 Å². The second-order valence-corrected chi connectivity index (χ2v) is 3.71. The summed E-state index contributed by atoms with van der Waals surface area (Å²) < 4.78 is 0. The maximum absolute atomic E-state index is 8.24. The van der Waals surface area contributed by atoms with Gasteiger partial charge in [-0.25, -0.2) is 0 Å². The standard InChI is InChI=1S/C11H9ClN4/c12-10-4-3-8-2-1-6-14-11(8)9(10)5-7-15-16-13/h1-4,6H,5,7H2. The fourth-order valence-corrected chi connectivity index (χ4v) is 1.87. The summed E-state index contributed by atoms with van der Waals surface area (Å²) >= 11 is 6.11. The maximum Gasteiger partial charge on any atom is 0.0748 e. The first-order valence-electron chi connectivity index (χ1n) is 4.86. The summed E-state index contributed by atoms with van der Waals surface area (Å²) in [7, 11) is 0. The molecule has 16 heavy (non-hydrogen) atoms. The molecule has 80 valence electrons. The van der Waals surface area contributed by atoms with Gasteiger partial charge >= 0.3 is 0 Å². The summed E-state index contributed by atoms with van der Waals surface area (Å²) in [5.41, 5.74) is 10.1. The molecular formula is C11H9ClN4. The molecule has 0 spiro atoms. The highest BCUT2D eigenvalue weighted by molar-refractivity contribution is 6.32. The second-order valence-electron chi connectivity index (χ2n) is 3.31. The van der Waals surface area contributed by atoms with E-state index in [1.807, 2.05) is 24.3 Å². The van der Waals surface area contributed by atoms with Crippen LogP contribution in [0.5, 0.6) is 0 Å². The summed E-state index contributed by atoms with van der Waals surface area (Å²) in [6, 6.07) is 7.64. The Kier molecular flexibility index (Phi) is 3.25. The van der Waals surface area contributed by atoms with E-state index in [0.717, 1.165) is 16.5 Å². The van der Waals surface area contributed by atoms with Gasteiger partial charge in [0.2, 0.25) is 0 Å². The number of rotatable bonds is 3. The first-order valence-corrected chi connectivity index (χ1v) is 5.23. The number of benzene rings is 1. The number of hydrogen-bond acceptors (Lipinski definition) is 2. The first-order chi connectivity index (χ1) is 7.83. The number of fused-ring (bicyclic) bond motifs is 1. The zero-order chi connectivity index (χ0) is 11.4. The van der Waals surface area contributed by atoms with Crippen LogP contribution in [0.3, 0.4) is 0 Å². The monoisotopic (exact) mass is 232 g/mol. The van der Waals surface area contributed by atoms with Crippen LogP contribution in [0.2, 0.25) is 5.02 Å². The van der Waals surface area contributed by atoms with Gasteiger partial charge in [-0.1, -0.05) is 28.8 Å². The summed E-state index contributed by atoms with van der Waals surface area (Å²) in [4.78, 5) is 7.02. The van der Waals surface area contributed by atoms with Crippen molar-refractivity contribution >= 4 is 22.5 Å². The zero-order valence-electron chi connectivity index (χ0n) is 8.47. The van der Waals surface area contributed by atoms with Gasteiger partial charge in [-0.2, -0.15) is 0 Å². The van der Waals surface area contributed by atoms with Crippen LogP contribution in [-0.4, -0.2) is 11.5 Å². The summed E-state index contributed by atoms with van der Waals surface area (Å²) in [6.07, 6.45) is 2.34. The maximum atomic E-state index is 8.24. The highest BCUT2D eigenvalue weighted by Crippen LogP contribution is 2.24. The average Bonchev–Trinajstić information content (AvgIpc) is 2.32. The molecule has 5 heteroatoms. The van der Waals surface area contributed by atoms with Crippen LogP contribution >= 0.6 is 11.6 Å². The molecular weight excluding hydrogens is 224 g/mol. The van der Waals surface area contributed by atoms with E-state index in [-0.39, 0.29) is 0 Å². The quantitative estimate of drug-likeness (QED) is 0.452. The molecule has 0 unspecified atom stereocenters. The van der Waals surface area contributed by atoms with Crippen molar-refractivity contribution in [3.8, 4) is 0 Å². The molecule has 0 saturated heterocycles. The Labute approximate surface area is 97.5 Å². The average molecular weight is 233 g/mol. The van der Waals surface area contributed by atoms with Crippen LogP contribution in [0.15, 0.2) is 35.6 Å². The molecule has 0 aliphatic heterocycles. The number of aromatic nitrogens is 1. The fourth-order valence-electron chi connectivity index (χ4n) is 1.63. The number of pyridine rings is 1. The Morgan fingerprint density at radius 2 is 2.25 bits per heavy atom. The molecule has 0 amide bonds. The molecule has 0 saturated carbocycles. The lowest BCUT2D eigenvalue weighted by molar-refractivity contribution is 0.961. The van der Waals surface area contributed by atoms with E-state index >= 15 is 0 Å². The molecule has 0 aliphatic rings. The largest absolute Gasteiger partial charge is 0.256 e. The minimum atomic E-state index is 0.395. The molecule has 0 bridgehead atoms. The van der Waals surface area contributed by atoms with Gasteiger partial charge in [0, 0.05) is 28.1 Å². The zero-order valence-corrected chi connectivity index (χ0v) is 9.22. The topological polar surface area (TPSA) is 61.7 Å². The van der Waals surface area contributed by atoms with Crippen molar-refractivity contribution in [2.75, 3.05) is 6.54 Å². The van der Waals surface area contributed by atoms with Crippen molar-refractivity contribution in [3.05, 3.63) is 51.5 Å². The van der Waals surface area contributed by atoms with Crippen LogP contribution < -0.4 is 0 Å². The van der Waals surface area contributed by atoms with Gasteiger partial charge in [0.25, 0.3) is 0 Å². The summed E-state index contributed by atoms with van der Waals surface area (Å²) in [5.74, 6) is 0. The van der Waals surface area contributed by atoms with Crippen LogP contribution in [0.25, 0.3) is 21.3 Å². The van der Waals surface area contributed by atoms with Gasteiger partial charge in [0.1, 0.15) is 0 Å². The van der Waals surface area contributed by atoms with Crippen LogP contribution in [0, 0.1) is 0 Å². The number of azide groups is 1. The third-order valence-corrected chi connectivity index (χ3v) is 2.70. The minimum absolute atomic E-state index is 0.395. The minimum Gasteiger partial charge on any atom is -0.256 e. The molecule has 1 aromatic carbocycles. The number of hydrogen-bond donors (Lipinski definition) is 0. The van der Waals surface area contributed by atoms with E-state index in [1.54, 1.807) is 6.20 Å². The predicted molar refractivity (Wildman–Crippen MR) is 64.5 cm³/mol. The highest BCUT2D eigenvalue weighted by atomic mass is 35.5. The normalized spacial score (nSPS) is 10.1. The second kappa shape index (κ2) is 4.84. The van der Waals surface area contributed by atoms with Crippen LogP contribution in [0.1, 0.15) is 5.56 Å². The predicted octanol–water partition coefficient (Wildman–Crippen LogP) is 3.74. The molecule has 1 aromatic heterocycles. The lowest BCUT2D eigenvalue weighted by atomic mass is 10.1. The van der Waals surface area contributed by atoms with Crippen molar-refractivity contribution < 1.29 is 0 Å². The molecule has 0 radical (unpaired) electrons. The molecule has 2 rings (SSSR count). The Balaban J connectivity index is 2.48. The van der Waals surface area contributed by atoms with E-state index in [9.17, 15) is 0 Å². The van der Waals surface area contributed by atoms with Gasteiger partial charge < -0.3 is 0 Å². The number of nitrogens with zero attached hydrogens (tertiary/aromatic N) is 4. The SMILES string of the molecule is [N-]=[N+]=NCCc1c(Cl)ccc2cccnc12. The number of halogens is 1. The Morgan fingerprint density at radius 1 is 1.38 bits per heavy atom. The molecule has 0 N–H and O–H groups in total. The summed E-state index contributed by atoms with van der Waals surface area (Å²) in [5, 5.41) is 5.22. The van der Waals surface area contributed by atoms with Crippen molar-refractivity contribution in [1.29, 1.82) is 0 Å².